The Labute approximate surface area is 172 Å². The first-order chi connectivity index (χ1) is 13.7. The van der Waals surface area contributed by atoms with Crippen molar-refractivity contribution in [3.63, 3.8) is 0 Å². The highest BCUT2D eigenvalue weighted by atomic mass is 16.7. The highest BCUT2D eigenvalue weighted by Crippen LogP contribution is 2.40. The molecule has 0 aromatic heterocycles. The zero-order valence-corrected chi connectivity index (χ0v) is 17.4. The molecule has 2 aliphatic carbocycles. The van der Waals surface area contributed by atoms with Gasteiger partial charge in [-0.3, -0.25) is 4.79 Å². The van der Waals surface area contributed by atoms with Gasteiger partial charge in [-0.1, -0.05) is 24.6 Å². The molecule has 4 N–H and O–H groups in total. The molecule has 7 heteroatoms. The van der Waals surface area contributed by atoms with Gasteiger partial charge in [-0.15, -0.1) is 0 Å². The fraction of sp³-hybridized carbons (Fsp3) is 0.773. The van der Waals surface area contributed by atoms with Crippen LogP contribution in [-0.4, -0.2) is 69.6 Å². The third-order valence-corrected chi connectivity index (χ3v) is 6.82. The second kappa shape index (κ2) is 9.37. The number of aliphatic hydroxyl groups excluding tert-OH is 4. The van der Waals surface area contributed by atoms with Crippen LogP contribution >= 0.6 is 0 Å². The van der Waals surface area contributed by atoms with Crippen molar-refractivity contribution in [1.29, 1.82) is 0 Å². The average molecular weight is 411 g/mol. The van der Waals surface area contributed by atoms with Crippen molar-refractivity contribution in [3.8, 4) is 0 Å². The van der Waals surface area contributed by atoms with E-state index in [9.17, 15) is 25.2 Å². The van der Waals surface area contributed by atoms with Crippen LogP contribution in [0.2, 0.25) is 0 Å². The first kappa shape index (κ1) is 22.6. The van der Waals surface area contributed by atoms with Crippen LogP contribution in [0.3, 0.4) is 0 Å². The zero-order valence-electron chi connectivity index (χ0n) is 17.4. The number of aliphatic hydroxyl groups is 4. The molecule has 3 rings (SSSR count). The van der Waals surface area contributed by atoms with E-state index < -0.39 is 43.4 Å². The summed E-state index contributed by atoms with van der Waals surface area (Å²) in [6.45, 7) is 5.54. The number of allylic oxidation sites excluding steroid dienone is 2. The van der Waals surface area contributed by atoms with Gasteiger partial charge in [-0.25, -0.2) is 0 Å². The molecular formula is C22H34O7. The molecule has 1 saturated heterocycles. The molecule has 2 fully saturated rings. The van der Waals surface area contributed by atoms with E-state index in [2.05, 4.69) is 19.1 Å². The van der Waals surface area contributed by atoms with Crippen LogP contribution in [0, 0.1) is 17.8 Å². The van der Waals surface area contributed by atoms with Crippen LogP contribution in [0.25, 0.3) is 0 Å². The number of rotatable bonds is 3. The van der Waals surface area contributed by atoms with Crippen molar-refractivity contribution >= 4 is 5.78 Å². The van der Waals surface area contributed by atoms with E-state index in [1.807, 2.05) is 13.8 Å². The van der Waals surface area contributed by atoms with Gasteiger partial charge in [0.1, 0.15) is 30.2 Å². The zero-order chi connectivity index (χ0) is 21.3. The lowest BCUT2D eigenvalue weighted by molar-refractivity contribution is -0.308. The van der Waals surface area contributed by atoms with E-state index >= 15 is 0 Å². The monoisotopic (exact) mass is 410 g/mol. The number of Topliss-reactive ketones (excluding diaryl/α,β-unsaturated/α-hetero) is 1. The number of hydrogen-bond acceptors (Lipinski definition) is 7. The fourth-order valence-electron chi connectivity index (χ4n) is 4.77. The van der Waals surface area contributed by atoms with Crippen molar-refractivity contribution in [2.75, 3.05) is 6.61 Å². The first-order valence-electron chi connectivity index (χ1n) is 10.6. The molecule has 1 aliphatic heterocycles. The van der Waals surface area contributed by atoms with Gasteiger partial charge in [-0.2, -0.15) is 0 Å². The molecule has 0 amide bonds. The molecule has 9 atom stereocenters. The van der Waals surface area contributed by atoms with Gasteiger partial charge in [0.05, 0.1) is 12.7 Å². The van der Waals surface area contributed by atoms with Gasteiger partial charge in [0, 0.05) is 12.3 Å². The summed E-state index contributed by atoms with van der Waals surface area (Å²) < 4.78 is 11.6. The smallest absolute Gasteiger partial charge is 0.187 e. The number of carbonyl (C=O) groups is 1. The van der Waals surface area contributed by atoms with Gasteiger partial charge >= 0.3 is 0 Å². The summed E-state index contributed by atoms with van der Waals surface area (Å²) in [4.78, 5) is 12.3. The maximum atomic E-state index is 12.3. The van der Waals surface area contributed by atoms with Crippen LogP contribution < -0.4 is 0 Å². The quantitative estimate of drug-likeness (QED) is 0.515. The topological polar surface area (TPSA) is 116 Å². The number of hydrogen-bond donors (Lipinski definition) is 4. The van der Waals surface area contributed by atoms with Crippen molar-refractivity contribution in [3.05, 3.63) is 23.3 Å². The standard InChI is InChI=1S/C22H34O7/c1-11-4-6-15-13(3)16(24)9-14(15)8-12(2)17(7-5-11)28-22-21(27)20(26)19(25)18(10-23)29-22/h5,8,13-15,17-23,25-27H,4,6-7,9-10H2,1-3H3/b11-5+,12-8+/t13-,14-,15-,17-,18+,19+,20-,21+,22+/m0/s1. The van der Waals surface area contributed by atoms with Crippen LogP contribution in [0.1, 0.15) is 46.5 Å². The second-order valence-corrected chi connectivity index (χ2v) is 8.84. The predicted octanol–water partition coefficient (Wildman–Crippen LogP) is 1.09. The highest BCUT2D eigenvalue weighted by molar-refractivity contribution is 5.83. The largest absolute Gasteiger partial charge is 0.394 e. The molecule has 1 saturated carbocycles. The number of ether oxygens (including phenoxy) is 2. The summed E-state index contributed by atoms with van der Waals surface area (Å²) in [6, 6.07) is 0. The number of ketones is 1. The summed E-state index contributed by atoms with van der Waals surface area (Å²) in [5.41, 5.74) is 2.18. The highest BCUT2D eigenvalue weighted by Gasteiger charge is 2.45. The predicted molar refractivity (Wildman–Crippen MR) is 106 cm³/mol. The van der Waals surface area contributed by atoms with Gasteiger partial charge < -0.3 is 29.9 Å². The van der Waals surface area contributed by atoms with Crippen molar-refractivity contribution in [1.82, 2.24) is 0 Å². The van der Waals surface area contributed by atoms with E-state index in [0.29, 0.717) is 24.5 Å². The summed E-state index contributed by atoms with van der Waals surface area (Å²) >= 11 is 0. The second-order valence-electron chi connectivity index (χ2n) is 8.84. The molecule has 3 aliphatic rings. The molecule has 0 aromatic carbocycles. The van der Waals surface area contributed by atoms with Gasteiger partial charge in [0.15, 0.2) is 6.29 Å². The molecular weight excluding hydrogens is 376 g/mol. The summed E-state index contributed by atoms with van der Waals surface area (Å²) in [5, 5.41) is 39.7. The van der Waals surface area contributed by atoms with E-state index in [-0.39, 0.29) is 11.8 Å². The fourth-order valence-corrected chi connectivity index (χ4v) is 4.77. The van der Waals surface area contributed by atoms with Crippen molar-refractivity contribution in [2.24, 2.45) is 17.8 Å². The van der Waals surface area contributed by atoms with Crippen LogP contribution in [-0.2, 0) is 14.3 Å². The van der Waals surface area contributed by atoms with Gasteiger partial charge in [-0.05, 0) is 50.5 Å². The first-order valence-corrected chi connectivity index (χ1v) is 10.6. The summed E-state index contributed by atoms with van der Waals surface area (Å²) in [6.07, 6.45) is 0.367. The molecule has 1 heterocycles. The Kier molecular flexibility index (Phi) is 7.30. The Hall–Kier alpha value is -1.09. The Morgan fingerprint density at radius 3 is 2.59 bits per heavy atom. The minimum absolute atomic E-state index is 0.0566. The maximum Gasteiger partial charge on any atom is 0.187 e. The Balaban J connectivity index is 1.82. The Morgan fingerprint density at radius 1 is 1.17 bits per heavy atom. The molecule has 0 spiro atoms. The molecule has 164 valence electrons. The van der Waals surface area contributed by atoms with Crippen molar-refractivity contribution < 1.29 is 34.7 Å². The van der Waals surface area contributed by atoms with E-state index in [0.717, 1.165) is 18.4 Å². The van der Waals surface area contributed by atoms with Crippen molar-refractivity contribution in [2.45, 2.75) is 83.3 Å². The van der Waals surface area contributed by atoms with E-state index in [4.69, 9.17) is 9.47 Å². The SMILES string of the molecule is C/C1=C\C[C@H](O[C@@H]2O[C@H](CO)[C@@H](O)[C@H](O)[C@H]2O)/C(C)=C/[C@H]2CC(=O)[C@@H](C)[C@@H]2CC1. The molecule has 0 bridgehead atoms. The van der Waals surface area contributed by atoms with E-state index in [1.54, 1.807) is 0 Å². The third kappa shape index (κ3) is 4.81. The third-order valence-electron chi connectivity index (χ3n) is 6.82. The molecule has 0 unspecified atom stereocenters. The summed E-state index contributed by atoms with van der Waals surface area (Å²) in [5.74, 6) is 0.841. The average Bonchev–Trinajstić information content (AvgIpc) is 2.95. The summed E-state index contributed by atoms with van der Waals surface area (Å²) in [7, 11) is 0. The molecule has 29 heavy (non-hydrogen) atoms. The van der Waals surface area contributed by atoms with Gasteiger partial charge in [0.2, 0.25) is 0 Å². The molecule has 0 radical (unpaired) electrons. The van der Waals surface area contributed by atoms with E-state index in [1.165, 1.54) is 5.57 Å². The molecule has 7 nitrogen and oxygen atoms in total. The van der Waals surface area contributed by atoms with Crippen LogP contribution in [0.5, 0.6) is 0 Å². The lowest BCUT2D eigenvalue weighted by Gasteiger charge is -2.41. The minimum atomic E-state index is -1.47. The minimum Gasteiger partial charge on any atom is -0.394 e. The Morgan fingerprint density at radius 2 is 1.90 bits per heavy atom. The normalized spacial score (nSPS) is 47.7. The number of fused-ring (bicyclic) bond motifs is 1. The van der Waals surface area contributed by atoms with Crippen LogP contribution in [0.4, 0.5) is 0 Å². The lowest BCUT2D eigenvalue weighted by Crippen LogP contribution is -2.59. The van der Waals surface area contributed by atoms with Gasteiger partial charge in [0.25, 0.3) is 0 Å². The lowest BCUT2D eigenvalue weighted by atomic mass is 9.83. The maximum absolute atomic E-state index is 12.3. The Bertz CT molecular complexity index is 656. The van der Waals surface area contributed by atoms with Crippen LogP contribution in [0.15, 0.2) is 23.3 Å². The number of carbonyl (C=O) groups excluding carboxylic acids is 1. The molecule has 0 aromatic rings.